The quantitative estimate of drug-likeness (QED) is 0.153. The second-order valence-electron chi connectivity index (χ2n) is 11.4. The molecule has 3 aromatic rings. The van der Waals surface area contributed by atoms with Crippen molar-refractivity contribution in [3.8, 4) is 11.1 Å². The Kier molecular flexibility index (Phi) is 14.6. The smallest absolute Gasteiger partial charge is 1.00 e. The summed E-state index contributed by atoms with van der Waals surface area (Å²) in [5, 5.41) is 1.88. The van der Waals surface area contributed by atoms with Crippen molar-refractivity contribution in [1.29, 1.82) is 0 Å². The van der Waals surface area contributed by atoms with Gasteiger partial charge in [-0.1, -0.05) is 0 Å². The number of hydrogen-bond acceptors (Lipinski definition) is 0. The molecule has 2 atom stereocenters. The minimum atomic E-state index is -0.849. The van der Waals surface area contributed by atoms with Gasteiger partial charge in [0.15, 0.2) is 0 Å². The van der Waals surface area contributed by atoms with Gasteiger partial charge in [-0.05, 0) is 0 Å². The number of halogens is 2. The van der Waals surface area contributed by atoms with Crippen molar-refractivity contribution in [3.05, 3.63) is 106 Å². The van der Waals surface area contributed by atoms with Gasteiger partial charge in [0.1, 0.15) is 0 Å². The zero-order valence-electron chi connectivity index (χ0n) is 25.0. The van der Waals surface area contributed by atoms with E-state index in [1.54, 1.807) is 16.7 Å². The van der Waals surface area contributed by atoms with E-state index in [4.69, 9.17) is 0 Å². The van der Waals surface area contributed by atoms with Crippen LogP contribution in [0.25, 0.3) is 23.3 Å². The summed E-state index contributed by atoms with van der Waals surface area (Å²) < 4.78 is 1.40. The fraction of sp³-hybridized carbons (Fsp3) is 0.405. The Labute approximate surface area is 275 Å². The van der Waals surface area contributed by atoms with Gasteiger partial charge in [-0.2, -0.15) is 0 Å². The van der Waals surface area contributed by atoms with Crippen LogP contribution in [-0.4, -0.2) is 12.3 Å². The summed E-state index contributed by atoms with van der Waals surface area (Å²) in [4.78, 5) is 0. The summed E-state index contributed by atoms with van der Waals surface area (Å²) in [6, 6.07) is 27.5. The SMILES string of the molecule is CCCCCCP(CCCCCC)C1=Cc2ccccc2[CH]1[Zr+2][CH]1C(C)=Cc2c(-c3ccccc3)cccc21.[Cl-].[Cl-]. The molecule has 3 aromatic carbocycles. The normalized spacial score (nSPS) is 16.7. The van der Waals surface area contributed by atoms with Crippen LogP contribution in [0.15, 0.2) is 83.7 Å². The Bertz CT molecular complexity index is 1290. The largest absolute Gasteiger partial charge is 1.00 e. The molecule has 0 aromatic heterocycles. The first-order chi connectivity index (χ1) is 19.2. The van der Waals surface area contributed by atoms with Gasteiger partial charge in [-0.3, -0.25) is 0 Å². The van der Waals surface area contributed by atoms with Crippen molar-refractivity contribution >= 4 is 20.1 Å². The zero-order chi connectivity index (χ0) is 27.0. The Morgan fingerprint density at radius 2 is 1.27 bits per heavy atom. The van der Waals surface area contributed by atoms with E-state index >= 15 is 0 Å². The number of fused-ring (bicyclic) bond motifs is 2. The maximum atomic E-state index is 2.68. The van der Waals surface area contributed by atoms with Crippen LogP contribution in [0.1, 0.15) is 102 Å². The third kappa shape index (κ3) is 8.36. The van der Waals surface area contributed by atoms with Gasteiger partial charge in [0.05, 0.1) is 0 Å². The summed E-state index contributed by atoms with van der Waals surface area (Å²) in [5.41, 5.74) is 10.7. The summed E-state index contributed by atoms with van der Waals surface area (Å²) in [7, 11) is -0.0407. The van der Waals surface area contributed by atoms with Gasteiger partial charge in [0, 0.05) is 0 Å². The van der Waals surface area contributed by atoms with Crippen molar-refractivity contribution in [3.63, 3.8) is 0 Å². The van der Waals surface area contributed by atoms with Crippen LogP contribution in [0.2, 0.25) is 0 Å². The molecule has 216 valence electrons. The van der Waals surface area contributed by atoms with Crippen LogP contribution in [0.4, 0.5) is 0 Å². The molecule has 0 heterocycles. The molecule has 5 rings (SSSR count). The first-order valence-electron chi connectivity index (χ1n) is 15.4. The molecular weight excluding hydrogens is 638 g/mol. The molecule has 0 bridgehead atoms. The first-order valence-corrected chi connectivity index (χ1v) is 19.9. The fourth-order valence-electron chi connectivity index (χ4n) is 6.39. The molecule has 2 unspecified atom stereocenters. The third-order valence-electron chi connectivity index (χ3n) is 8.53. The van der Waals surface area contributed by atoms with Crippen molar-refractivity contribution < 1.29 is 48.0 Å². The predicted octanol–water partition coefficient (Wildman–Crippen LogP) is 5.64. The van der Waals surface area contributed by atoms with E-state index in [1.165, 1.54) is 85.9 Å². The monoisotopic (exact) mass is 680 g/mol. The van der Waals surface area contributed by atoms with E-state index in [2.05, 4.69) is 106 Å². The molecule has 0 nitrogen and oxygen atoms in total. The summed E-state index contributed by atoms with van der Waals surface area (Å²) in [6.45, 7) is 7.10. The second-order valence-corrected chi connectivity index (χ2v) is 17.6. The second kappa shape index (κ2) is 17.4. The van der Waals surface area contributed by atoms with Crippen LogP contribution in [0.5, 0.6) is 0 Å². The van der Waals surface area contributed by atoms with E-state index in [1.807, 2.05) is 5.31 Å². The molecule has 2 aliphatic carbocycles. The zero-order valence-corrected chi connectivity index (χ0v) is 29.9. The average molecular weight is 683 g/mol. The van der Waals surface area contributed by atoms with Gasteiger partial charge in [-0.15, -0.1) is 0 Å². The van der Waals surface area contributed by atoms with Crippen LogP contribution < -0.4 is 24.8 Å². The molecule has 0 fully saturated rings. The maximum absolute atomic E-state index is 2.68. The minimum Gasteiger partial charge on any atom is -1.00 e. The topological polar surface area (TPSA) is 0 Å². The van der Waals surface area contributed by atoms with Crippen LogP contribution in [-0.2, 0) is 23.2 Å². The standard InChI is InChI=1S/C21H32P.C16H13.2ClH.Zr/c1-3-5-7-11-15-22(16-12-8-6-4-2)21-17-19-13-9-10-14-20(19)18-21;1-12-10-14-8-5-9-15(16(14)11-12)13-6-3-2-4-7-13;;;/h9-10,13-14,17-18H,3-8,11-12,15-16H2,1-2H3;2-11H,1H3;2*1H;/q;;;;+2/p-2. The van der Waals surface area contributed by atoms with Crippen LogP contribution in [0.3, 0.4) is 0 Å². The summed E-state index contributed by atoms with van der Waals surface area (Å²) in [5.74, 6) is 0. The average Bonchev–Trinajstić information content (AvgIpc) is 3.50. The third-order valence-corrected chi connectivity index (χ3v) is 17.0. The van der Waals surface area contributed by atoms with E-state index in [-0.39, 0.29) is 32.7 Å². The molecule has 41 heavy (non-hydrogen) atoms. The van der Waals surface area contributed by atoms with Crippen molar-refractivity contribution in [2.75, 3.05) is 12.3 Å². The summed E-state index contributed by atoms with van der Waals surface area (Å²) in [6.07, 6.45) is 19.2. The number of rotatable bonds is 14. The fourth-order valence-corrected chi connectivity index (χ4v) is 15.4. The van der Waals surface area contributed by atoms with Crippen molar-refractivity contribution in [2.45, 2.75) is 79.4 Å². The number of unbranched alkanes of at least 4 members (excludes halogenated alkanes) is 6. The molecule has 0 N–H and O–H groups in total. The van der Waals surface area contributed by atoms with Crippen molar-refractivity contribution in [2.24, 2.45) is 0 Å². The van der Waals surface area contributed by atoms with Crippen molar-refractivity contribution in [1.82, 2.24) is 0 Å². The van der Waals surface area contributed by atoms with E-state index in [0.29, 0.717) is 3.63 Å². The number of benzene rings is 3. The molecule has 0 radical (unpaired) electrons. The van der Waals surface area contributed by atoms with E-state index in [9.17, 15) is 0 Å². The van der Waals surface area contributed by atoms with Gasteiger partial charge >= 0.3 is 252 Å². The van der Waals surface area contributed by atoms with Gasteiger partial charge in [-0.25, -0.2) is 0 Å². The Balaban J connectivity index is 0.00000231. The molecule has 4 heteroatoms. The minimum absolute atomic E-state index is 0. The molecule has 0 saturated carbocycles. The van der Waals surface area contributed by atoms with Crippen LogP contribution >= 0.6 is 7.92 Å². The van der Waals surface area contributed by atoms with Gasteiger partial charge in [0.2, 0.25) is 0 Å². The number of allylic oxidation sites excluding steroid dienone is 2. The molecule has 0 spiro atoms. The van der Waals surface area contributed by atoms with Gasteiger partial charge < -0.3 is 24.8 Å². The van der Waals surface area contributed by atoms with Crippen LogP contribution in [0, 0.1) is 0 Å². The Hall–Kier alpha value is -0.967. The Morgan fingerprint density at radius 3 is 1.95 bits per heavy atom. The molecule has 0 saturated heterocycles. The molecule has 0 amide bonds. The molecule has 2 aliphatic rings. The van der Waals surface area contributed by atoms with Gasteiger partial charge in [0.25, 0.3) is 0 Å². The predicted molar refractivity (Wildman–Crippen MR) is 170 cm³/mol. The molecule has 0 aliphatic heterocycles. The van der Waals surface area contributed by atoms with E-state index in [0.717, 1.165) is 3.63 Å². The maximum Gasteiger partial charge on any atom is -1.00 e. The summed E-state index contributed by atoms with van der Waals surface area (Å²) >= 11 is -0.849. The first kappa shape index (κ1) is 34.5. The number of hydrogen-bond donors (Lipinski definition) is 0. The van der Waals surface area contributed by atoms with E-state index < -0.39 is 23.2 Å². The molecular formula is C37H45Cl2PZr. The Morgan fingerprint density at radius 1 is 0.634 bits per heavy atom.